The first-order valence-electron chi connectivity index (χ1n) is 7.67. The highest BCUT2D eigenvalue weighted by molar-refractivity contribution is 14.2. The quantitative estimate of drug-likeness (QED) is 0.618. The summed E-state index contributed by atoms with van der Waals surface area (Å²) in [5.74, 6) is 0.835. The number of carbonyl (C=O) groups is 2. The van der Waals surface area contributed by atoms with Gasteiger partial charge < -0.3 is 15.4 Å². The first kappa shape index (κ1) is 19.9. The van der Waals surface area contributed by atoms with E-state index in [0.717, 1.165) is 18.6 Å². The summed E-state index contributed by atoms with van der Waals surface area (Å²) >= 11 is 2.44. The third-order valence-electron chi connectivity index (χ3n) is 3.35. The zero-order valence-corrected chi connectivity index (χ0v) is 17.2. The molecule has 1 unspecified atom stereocenters. The van der Waals surface area contributed by atoms with Crippen molar-refractivity contribution in [2.45, 2.75) is 64.1 Å². The van der Waals surface area contributed by atoms with Gasteiger partial charge in [-0.05, 0) is 85.9 Å². The zero-order valence-electron chi connectivity index (χ0n) is 14.2. The molecule has 0 radical (unpaired) electrons. The Kier molecular flexibility index (Phi) is 7.29. The lowest BCUT2D eigenvalue weighted by molar-refractivity contribution is -0.124. The van der Waals surface area contributed by atoms with Gasteiger partial charge in [0.25, 0.3) is 0 Å². The molecule has 2 N–H and O–H groups in total. The zero-order chi connectivity index (χ0) is 17.0. The lowest BCUT2D eigenvalue weighted by Crippen LogP contribution is -2.52. The van der Waals surface area contributed by atoms with Crippen LogP contribution in [0.2, 0.25) is 0 Å². The minimum atomic E-state index is -0.746. The molecular formula is C15H29IN2O3S. The van der Waals surface area contributed by atoms with E-state index in [1.54, 1.807) is 0 Å². The van der Waals surface area contributed by atoms with Gasteiger partial charge in [-0.2, -0.15) is 7.20 Å². The van der Waals surface area contributed by atoms with Crippen LogP contribution in [0.4, 0.5) is 4.79 Å². The summed E-state index contributed by atoms with van der Waals surface area (Å²) in [6.45, 7) is 5.44. The molecule has 1 aliphatic carbocycles. The van der Waals surface area contributed by atoms with E-state index in [-0.39, 0.29) is 11.9 Å². The number of carbonyl (C=O) groups excluding carboxylic acids is 2. The molecule has 1 saturated carbocycles. The SMILES string of the molecule is CC(C)(C)OC(=O)NC(CCS(C)(C)I)C(=O)NC1CCC1. The van der Waals surface area contributed by atoms with Gasteiger partial charge in [-0.3, -0.25) is 4.79 Å². The lowest BCUT2D eigenvalue weighted by Gasteiger charge is -2.31. The molecule has 0 bridgehead atoms. The molecular weight excluding hydrogens is 415 g/mol. The fourth-order valence-electron chi connectivity index (χ4n) is 1.97. The van der Waals surface area contributed by atoms with E-state index in [1.807, 2.05) is 20.8 Å². The van der Waals surface area contributed by atoms with Gasteiger partial charge in [-0.1, -0.05) is 0 Å². The molecule has 22 heavy (non-hydrogen) atoms. The van der Waals surface area contributed by atoms with Crippen LogP contribution in [0, 0.1) is 0 Å². The molecule has 0 aromatic carbocycles. The summed E-state index contributed by atoms with van der Waals surface area (Å²) in [6.07, 6.45) is 7.75. The van der Waals surface area contributed by atoms with Crippen molar-refractivity contribution >= 4 is 40.4 Å². The molecule has 0 saturated heterocycles. The van der Waals surface area contributed by atoms with E-state index in [9.17, 15) is 9.59 Å². The van der Waals surface area contributed by atoms with Crippen LogP contribution in [-0.4, -0.2) is 47.9 Å². The second kappa shape index (κ2) is 8.08. The van der Waals surface area contributed by atoms with Crippen molar-refractivity contribution in [3.63, 3.8) is 0 Å². The molecule has 0 heterocycles. The van der Waals surface area contributed by atoms with Crippen LogP contribution in [-0.2, 0) is 9.53 Å². The van der Waals surface area contributed by atoms with E-state index in [2.05, 4.69) is 44.4 Å². The Bertz CT molecular complexity index is 401. The van der Waals surface area contributed by atoms with Crippen molar-refractivity contribution in [2.75, 3.05) is 18.3 Å². The third kappa shape index (κ3) is 8.45. The normalized spacial score (nSPS) is 18.1. The van der Waals surface area contributed by atoms with Crippen LogP contribution in [0.15, 0.2) is 0 Å². The van der Waals surface area contributed by atoms with E-state index in [0.29, 0.717) is 6.42 Å². The van der Waals surface area contributed by atoms with Gasteiger partial charge in [0.05, 0.1) is 0 Å². The van der Waals surface area contributed by atoms with Crippen LogP contribution in [0.3, 0.4) is 0 Å². The maximum absolute atomic E-state index is 12.4. The van der Waals surface area contributed by atoms with Gasteiger partial charge in [-0.15, -0.1) is 0 Å². The average molecular weight is 444 g/mol. The Labute approximate surface area is 147 Å². The van der Waals surface area contributed by atoms with E-state index >= 15 is 0 Å². The summed E-state index contributed by atoms with van der Waals surface area (Å²) in [7, 11) is -0.746. The van der Waals surface area contributed by atoms with Crippen molar-refractivity contribution in [3.05, 3.63) is 0 Å². The largest absolute Gasteiger partial charge is 0.444 e. The van der Waals surface area contributed by atoms with Crippen molar-refractivity contribution in [1.29, 1.82) is 0 Å². The average Bonchev–Trinajstić information content (AvgIpc) is 2.25. The second-order valence-electron chi connectivity index (χ2n) is 7.23. The highest BCUT2D eigenvalue weighted by Gasteiger charge is 2.28. The number of halogens is 1. The van der Waals surface area contributed by atoms with Gasteiger partial charge >= 0.3 is 6.09 Å². The predicted octanol–water partition coefficient (Wildman–Crippen LogP) is 3.35. The summed E-state index contributed by atoms with van der Waals surface area (Å²) in [4.78, 5) is 24.3. The molecule has 0 aromatic heterocycles. The van der Waals surface area contributed by atoms with Crippen molar-refractivity contribution < 1.29 is 14.3 Å². The highest BCUT2D eigenvalue weighted by Crippen LogP contribution is 2.49. The number of hydrogen-bond acceptors (Lipinski definition) is 3. The molecule has 0 aromatic rings. The van der Waals surface area contributed by atoms with Gasteiger partial charge in [0.2, 0.25) is 5.91 Å². The Morgan fingerprint density at radius 1 is 1.32 bits per heavy atom. The van der Waals surface area contributed by atoms with Gasteiger partial charge in [-0.25, -0.2) is 4.79 Å². The minimum Gasteiger partial charge on any atom is -0.444 e. The smallest absolute Gasteiger partial charge is 0.408 e. The number of rotatable bonds is 6. The Morgan fingerprint density at radius 3 is 2.32 bits per heavy atom. The molecule has 5 nitrogen and oxygen atoms in total. The van der Waals surface area contributed by atoms with E-state index in [4.69, 9.17) is 4.74 Å². The summed E-state index contributed by atoms with van der Waals surface area (Å²) in [5, 5.41) is 5.75. The van der Waals surface area contributed by atoms with Crippen molar-refractivity contribution in [1.82, 2.24) is 10.6 Å². The van der Waals surface area contributed by atoms with Crippen molar-refractivity contribution in [2.24, 2.45) is 0 Å². The van der Waals surface area contributed by atoms with Gasteiger partial charge in [0.1, 0.15) is 11.6 Å². The summed E-state index contributed by atoms with van der Waals surface area (Å²) < 4.78 is 5.27. The topological polar surface area (TPSA) is 67.4 Å². The standard InChI is InChI=1S/C15H29IN2O3S/c1-15(2,3)21-14(20)18-12(9-10-22(4,5)16)13(19)17-11-7-6-8-11/h11-12H,6-10H2,1-5H3,(H,17,19)(H,18,20). The molecule has 1 rings (SSSR count). The molecule has 1 atom stereocenters. The first-order chi connectivity index (χ1) is 9.96. The molecule has 0 aliphatic heterocycles. The van der Waals surface area contributed by atoms with E-state index in [1.165, 1.54) is 6.42 Å². The maximum atomic E-state index is 12.4. The summed E-state index contributed by atoms with van der Waals surface area (Å²) in [6, 6.07) is -0.243. The van der Waals surface area contributed by atoms with Crippen molar-refractivity contribution in [3.8, 4) is 0 Å². The van der Waals surface area contributed by atoms with Crippen LogP contribution in [0.25, 0.3) is 0 Å². The first-order valence-corrected chi connectivity index (χ1v) is 12.8. The van der Waals surface area contributed by atoms with Crippen LogP contribution < -0.4 is 10.6 Å². The minimum absolute atomic E-state index is 0.0874. The van der Waals surface area contributed by atoms with Crippen LogP contribution in [0.5, 0.6) is 0 Å². The number of amides is 2. The number of alkyl carbamates (subject to hydrolysis) is 1. The van der Waals surface area contributed by atoms with Gasteiger partial charge in [0, 0.05) is 6.04 Å². The fraction of sp³-hybridized carbons (Fsp3) is 0.867. The number of hydrogen-bond donors (Lipinski definition) is 2. The lowest BCUT2D eigenvalue weighted by atomic mass is 9.93. The number of ether oxygens (including phenoxy) is 1. The molecule has 7 heteroatoms. The monoisotopic (exact) mass is 444 g/mol. The van der Waals surface area contributed by atoms with Crippen LogP contribution >= 0.6 is 28.4 Å². The Morgan fingerprint density at radius 2 is 1.91 bits per heavy atom. The molecule has 1 aliphatic rings. The van der Waals surface area contributed by atoms with Crippen LogP contribution in [0.1, 0.15) is 46.5 Å². The van der Waals surface area contributed by atoms with E-state index < -0.39 is 24.9 Å². The molecule has 130 valence electrons. The highest BCUT2D eigenvalue weighted by atomic mass is 127. The fourth-order valence-corrected chi connectivity index (χ4v) is 3.53. The Balaban J connectivity index is 2.59. The maximum Gasteiger partial charge on any atom is 0.408 e. The predicted molar refractivity (Wildman–Crippen MR) is 102 cm³/mol. The van der Waals surface area contributed by atoms with Gasteiger partial charge in [0.15, 0.2) is 0 Å². The molecule has 1 fully saturated rings. The third-order valence-corrected chi connectivity index (χ3v) is 5.88. The number of nitrogens with one attached hydrogen (secondary N) is 2. The second-order valence-corrected chi connectivity index (χ2v) is 17.6. The molecule has 0 spiro atoms. The molecule has 2 amide bonds. The summed E-state index contributed by atoms with van der Waals surface area (Å²) in [5.41, 5.74) is -0.563. The Hall–Kier alpha value is -0.180.